The largest absolute Gasteiger partial charge is 0.497 e. The number of carbonyl (C=O) groups excluding carboxylic acids is 2. The van der Waals surface area contributed by atoms with Crippen molar-refractivity contribution in [2.24, 2.45) is 5.92 Å². The molecule has 0 saturated carbocycles. The lowest BCUT2D eigenvalue weighted by atomic mass is 10.0. The maximum absolute atomic E-state index is 13.0. The fraction of sp³-hybridized carbons (Fsp3) is 0.455. The Kier molecular flexibility index (Phi) is 11.4. The van der Waals surface area contributed by atoms with Crippen molar-refractivity contribution in [2.45, 2.75) is 71.3 Å². The summed E-state index contributed by atoms with van der Waals surface area (Å²) in [7, 11) is 3.04. The van der Waals surface area contributed by atoms with E-state index in [2.05, 4.69) is 26.0 Å². The molecule has 1 fully saturated rings. The molecule has 1 amide bonds. The van der Waals surface area contributed by atoms with Crippen LogP contribution in [0.25, 0.3) is 0 Å². The number of thiophene rings is 1. The van der Waals surface area contributed by atoms with Crippen LogP contribution in [-0.4, -0.2) is 38.7 Å². The normalized spacial score (nSPS) is 17.6. The Hall–Kier alpha value is -3.20. The number of unbranched alkanes of at least 4 members (excludes halogenated alkanes) is 2. The minimum Gasteiger partial charge on any atom is -0.497 e. The number of benzene rings is 2. The zero-order valence-electron chi connectivity index (χ0n) is 24.5. The average molecular weight is 580 g/mol. The predicted molar refractivity (Wildman–Crippen MR) is 161 cm³/mol. The molecule has 8 heteroatoms. The van der Waals surface area contributed by atoms with Gasteiger partial charge in [-0.25, -0.2) is 4.79 Å². The lowest BCUT2D eigenvalue weighted by molar-refractivity contribution is -0.117. The smallest absolute Gasteiger partial charge is 0.348 e. The third-order valence-corrected chi connectivity index (χ3v) is 8.60. The quantitative estimate of drug-likeness (QED) is 0.139. The molecule has 0 bridgehead atoms. The van der Waals surface area contributed by atoms with Gasteiger partial charge >= 0.3 is 5.97 Å². The summed E-state index contributed by atoms with van der Waals surface area (Å²) in [5.41, 5.74) is 3.10. The molecule has 0 spiro atoms. The molecular weight excluding hydrogens is 538 g/mol. The van der Waals surface area contributed by atoms with Crippen LogP contribution in [0.2, 0.25) is 0 Å². The van der Waals surface area contributed by atoms with Crippen LogP contribution in [0, 0.1) is 5.92 Å². The van der Waals surface area contributed by atoms with Crippen LogP contribution in [-0.2, 0) is 32.2 Å². The number of hydrogen-bond acceptors (Lipinski definition) is 7. The number of ether oxygens (including phenoxy) is 4. The topological polar surface area (TPSA) is 74.3 Å². The van der Waals surface area contributed by atoms with Crippen molar-refractivity contribution in [3.8, 4) is 5.75 Å². The van der Waals surface area contributed by atoms with Gasteiger partial charge in [0.15, 0.2) is 0 Å². The average Bonchev–Trinajstić information content (AvgIpc) is 3.58. The summed E-state index contributed by atoms with van der Waals surface area (Å²) < 4.78 is 22.5. The Morgan fingerprint density at radius 3 is 2.44 bits per heavy atom. The van der Waals surface area contributed by atoms with Crippen LogP contribution >= 0.6 is 11.3 Å². The van der Waals surface area contributed by atoms with Gasteiger partial charge in [-0.3, -0.25) is 4.79 Å². The van der Waals surface area contributed by atoms with Crippen molar-refractivity contribution >= 4 is 28.9 Å². The van der Waals surface area contributed by atoms with Crippen molar-refractivity contribution in [3.63, 3.8) is 0 Å². The summed E-state index contributed by atoms with van der Waals surface area (Å²) >= 11 is 1.36. The van der Waals surface area contributed by atoms with Gasteiger partial charge in [0, 0.05) is 17.0 Å². The highest BCUT2D eigenvalue weighted by molar-refractivity contribution is 7.13. The Balaban J connectivity index is 1.40. The molecule has 2 heterocycles. The molecule has 1 aliphatic rings. The monoisotopic (exact) mass is 579 g/mol. The highest BCUT2D eigenvalue weighted by atomic mass is 32.1. The Bertz CT molecular complexity index is 1260. The van der Waals surface area contributed by atoms with Gasteiger partial charge in [0.05, 0.1) is 46.2 Å². The van der Waals surface area contributed by atoms with Gasteiger partial charge in [0.25, 0.3) is 0 Å². The first-order valence-corrected chi connectivity index (χ1v) is 15.2. The summed E-state index contributed by atoms with van der Waals surface area (Å²) in [6.45, 7) is 5.63. The molecule has 3 aromatic rings. The number of nitrogens with zero attached hydrogens (tertiary/aromatic N) is 1. The molecule has 1 aliphatic heterocycles. The molecule has 0 N–H and O–H groups in total. The van der Waals surface area contributed by atoms with Gasteiger partial charge in [-0.05, 0) is 59.9 Å². The van der Waals surface area contributed by atoms with Gasteiger partial charge in [-0.2, -0.15) is 0 Å². The summed E-state index contributed by atoms with van der Waals surface area (Å²) in [4.78, 5) is 28.1. The summed E-state index contributed by atoms with van der Waals surface area (Å²) in [5, 5.41) is 0. The van der Waals surface area contributed by atoms with Gasteiger partial charge in [-0.15, -0.1) is 11.3 Å². The number of methoxy groups -OCH3 is 2. The van der Waals surface area contributed by atoms with Gasteiger partial charge < -0.3 is 23.8 Å². The van der Waals surface area contributed by atoms with Crippen LogP contribution in [0.4, 0.5) is 5.69 Å². The zero-order chi connectivity index (χ0) is 29.2. The molecule has 0 radical (unpaired) electrons. The van der Waals surface area contributed by atoms with Crippen LogP contribution in [0.1, 0.15) is 77.7 Å². The van der Waals surface area contributed by atoms with E-state index in [0.717, 1.165) is 53.1 Å². The number of carbonyl (C=O) groups is 2. The van der Waals surface area contributed by atoms with Crippen LogP contribution in [0.3, 0.4) is 0 Å². The van der Waals surface area contributed by atoms with E-state index in [1.807, 2.05) is 47.4 Å². The first-order chi connectivity index (χ1) is 19.9. The van der Waals surface area contributed by atoms with Crippen LogP contribution in [0.5, 0.6) is 5.75 Å². The predicted octanol–water partition coefficient (Wildman–Crippen LogP) is 7.34. The van der Waals surface area contributed by atoms with E-state index in [1.165, 1.54) is 18.4 Å². The number of hydrogen-bond donors (Lipinski definition) is 0. The van der Waals surface area contributed by atoms with Gasteiger partial charge in [-0.1, -0.05) is 57.4 Å². The van der Waals surface area contributed by atoms with Gasteiger partial charge in [0.1, 0.15) is 10.6 Å². The molecule has 41 heavy (non-hydrogen) atoms. The summed E-state index contributed by atoms with van der Waals surface area (Å²) in [6.07, 6.45) is 4.83. The Labute approximate surface area is 247 Å². The Morgan fingerprint density at radius 2 is 1.76 bits per heavy atom. The molecular formula is C33H41NO6S. The number of rotatable bonds is 15. The van der Waals surface area contributed by atoms with E-state index in [1.54, 1.807) is 13.2 Å². The molecule has 2 aromatic carbocycles. The number of esters is 1. The van der Waals surface area contributed by atoms with Crippen molar-refractivity contribution in [1.82, 2.24) is 0 Å². The number of amides is 1. The van der Waals surface area contributed by atoms with Crippen LogP contribution < -0.4 is 9.64 Å². The van der Waals surface area contributed by atoms with Crippen LogP contribution in [0.15, 0.2) is 60.7 Å². The second-order valence-electron chi connectivity index (χ2n) is 10.5. The first-order valence-electron chi connectivity index (χ1n) is 14.3. The lowest BCUT2D eigenvalue weighted by Gasteiger charge is -2.27. The standard InChI is InChI=1S/C33H41NO6S/c1-5-6-7-8-30(40-20-24-9-15-27(37-3)16-10-24)25-11-13-26(14-12-25)34-29(23(2)19-32(34)35)22-39-21-28-17-18-31(41-28)33(36)38-4/h9-18,23,29-30H,5-8,19-22H2,1-4H3/t23-,29+,30?/m1/s1. The van der Waals surface area contributed by atoms with E-state index in [-0.39, 0.29) is 29.9 Å². The van der Waals surface area contributed by atoms with Crippen molar-refractivity contribution in [2.75, 3.05) is 25.7 Å². The second-order valence-corrected chi connectivity index (χ2v) is 11.7. The third-order valence-electron chi connectivity index (χ3n) is 7.56. The fourth-order valence-electron chi connectivity index (χ4n) is 5.16. The van der Waals surface area contributed by atoms with E-state index in [0.29, 0.717) is 31.1 Å². The molecule has 1 unspecified atom stereocenters. The highest BCUT2D eigenvalue weighted by Crippen LogP contribution is 2.34. The highest BCUT2D eigenvalue weighted by Gasteiger charge is 2.38. The van der Waals surface area contributed by atoms with Crippen molar-refractivity contribution < 1.29 is 28.5 Å². The lowest BCUT2D eigenvalue weighted by Crippen LogP contribution is -2.38. The summed E-state index contributed by atoms with van der Waals surface area (Å²) in [5.74, 6) is 0.770. The minimum atomic E-state index is -0.343. The van der Waals surface area contributed by atoms with Gasteiger partial charge in [0.2, 0.25) is 5.91 Å². The molecule has 1 saturated heterocycles. The number of anilines is 1. The Morgan fingerprint density at radius 1 is 1.00 bits per heavy atom. The molecule has 0 aliphatic carbocycles. The summed E-state index contributed by atoms with van der Waals surface area (Å²) in [6, 6.07) is 19.8. The molecule has 7 nitrogen and oxygen atoms in total. The molecule has 1 aromatic heterocycles. The van der Waals surface area contributed by atoms with E-state index < -0.39 is 0 Å². The second kappa shape index (κ2) is 15.1. The SMILES string of the molecule is CCCCCC(OCc1ccc(OC)cc1)c1ccc(N2C(=O)C[C@@H](C)[C@@H]2COCc2ccc(C(=O)OC)s2)cc1. The molecule has 220 valence electrons. The maximum Gasteiger partial charge on any atom is 0.348 e. The maximum atomic E-state index is 13.0. The van der Waals surface area contributed by atoms with E-state index >= 15 is 0 Å². The van der Waals surface area contributed by atoms with E-state index in [4.69, 9.17) is 18.9 Å². The zero-order valence-corrected chi connectivity index (χ0v) is 25.3. The van der Waals surface area contributed by atoms with Crippen molar-refractivity contribution in [3.05, 3.63) is 81.5 Å². The molecule has 4 rings (SSSR count). The first kappa shape index (κ1) is 30.8. The van der Waals surface area contributed by atoms with E-state index in [9.17, 15) is 9.59 Å². The third kappa shape index (κ3) is 8.18. The molecule has 3 atom stereocenters. The van der Waals surface area contributed by atoms with Crippen molar-refractivity contribution in [1.29, 1.82) is 0 Å². The minimum absolute atomic E-state index is 0.0225. The fourth-order valence-corrected chi connectivity index (χ4v) is 6.03.